The van der Waals surface area contributed by atoms with Crippen molar-refractivity contribution in [2.24, 2.45) is 0 Å². The minimum Gasteiger partial charge on any atom is -0.288 e. The fraction of sp³-hybridized carbons (Fsp3) is 0.286. The number of carbonyl (C=O) groups is 1. The maximum atomic E-state index is 11.7. The van der Waals surface area contributed by atoms with Crippen molar-refractivity contribution in [3.05, 3.63) is 42.6 Å². The van der Waals surface area contributed by atoms with Crippen LogP contribution in [0.15, 0.2) is 42.6 Å². The van der Waals surface area contributed by atoms with Gasteiger partial charge in [-0.05, 0) is 12.1 Å². The molecule has 0 spiro atoms. The molecule has 94 valence electrons. The number of nitrogens with zero attached hydrogens (tertiary/aromatic N) is 2. The average molecular weight is 261 g/mol. The number of benzene rings is 1. The molecule has 18 heavy (non-hydrogen) atoms. The summed E-state index contributed by atoms with van der Waals surface area (Å²) in [5, 5.41) is 1.21. The Morgan fingerprint density at radius 1 is 1.39 bits per heavy atom. The van der Waals surface area contributed by atoms with Gasteiger partial charge in [0, 0.05) is 24.9 Å². The maximum absolute atomic E-state index is 11.7. The number of amides is 1. The zero-order valence-corrected chi connectivity index (χ0v) is 11.5. The van der Waals surface area contributed by atoms with Gasteiger partial charge in [0.15, 0.2) is 6.54 Å². The molecule has 1 aromatic rings. The molecule has 1 aliphatic rings. The Labute approximate surface area is 112 Å². The van der Waals surface area contributed by atoms with E-state index >= 15 is 0 Å². The highest BCUT2D eigenvalue weighted by molar-refractivity contribution is 8.14. The molecule has 0 saturated carbocycles. The molecule has 0 radical (unpaired) electrons. The van der Waals surface area contributed by atoms with Crippen LogP contribution in [-0.2, 0) is 4.79 Å². The van der Waals surface area contributed by atoms with E-state index in [4.69, 9.17) is 0 Å². The third-order valence-corrected chi connectivity index (χ3v) is 3.92. The first kappa shape index (κ1) is 12.9. The van der Waals surface area contributed by atoms with Crippen molar-refractivity contribution in [1.29, 1.82) is 0 Å². The number of thioether (sulfide) groups is 1. The van der Waals surface area contributed by atoms with Crippen LogP contribution in [0.4, 0.5) is 5.69 Å². The highest BCUT2D eigenvalue weighted by Crippen LogP contribution is 2.16. The van der Waals surface area contributed by atoms with E-state index in [0.717, 1.165) is 18.0 Å². The van der Waals surface area contributed by atoms with Gasteiger partial charge in [0.05, 0.1) is 5.75 Å². The summed E-state index contributed by atoms with van der Waals surface area (Å²) in [5.41, 5.74) is 0.896. The first-order valence-corrected chi connectivity index (χ1v) is 6.91. The van der Waals surface area contributed by atoms with E-state index in [1.807, 2.05) is 54.4 Å². The van der Waals surface area contributed by atoms with Gasteiger partial charge in [0.25, 0.3) is 0 Å². The topological polar surface area (TPSA) is 23.3 Å². The molecule has 1 aliphatic heterocycles. The Morgan fingerprint density at radius 3 is 2.67 bits per heavy atom. The van der Waals surface area contributed by atoms with E-state index in [2.05, 4.69) is 11.6 Å². The smallest absolute Gasteiger partial charge is 0.236 e. The number of rotatable bonds is 3. The molecule has 0 aliphatic carbocycles. The van der Waals surface area contributed by atoms with Gasteiger partial charge in [-0.15, -0.1) is 0 Å². The van der Waals surface area contributed by atoms with Crippen LogP contribution in [0, 0.1) is 0 Å². The van der Waals surface area contributed by atoms with Crippen LogP contribution in [0.2, 0.25) is 0 Å². The van der Waals surface area contributed by atoms with Gasteiger partial charge in [-0.1, -0.05) is 30.0 Å². The highest BCUT2D eigenvalue weighted by atomic mass is 32.2. The molecule has 0 saturated heterocycles. The SMILES string of the molecule is CC(=O)N(/C=C\C1=[N+](C)CCS1)c1ccccc1. The number of anilines is 1. The van der Waals surface area contributed by atoms with Crippen LogP contribution in [-0.4, -0.2) is 34.9 Å². The molecule has 1 amide bonds. The molecular formula is C14H17N2OS+. The lowest BCUT2D eigenvalue weighted by molar-refractivity contribution is -0.485. The zero-order valence-electron chi connectivity index (χ0n) is 10.7. The van der Waals surface area contributed by atoms with E-state index in [9.17, 15) is 4.79 Å². The first-order chi connectivity index (χ1) is 8.68. The minimum absolute atomic E-state index is 0.0173. The van der Waals surface area contributed by atoms with Crippen molar-refractivity contribution < 1.29 is 9.37 Å². The number of hydrogen-bond acceptors (Lipinski definition) is 2. The molecule has 3 nitrogen and oxygen atoms in total. The van der Waals surface area contributed by atoms with Gasteiger partial charge >= 0.3 is 0 Å². The lowest BCUT2D eigenvalue weighted by Crippen LogP contribution is -2.22. The Kier molecular flexibility index (Phi) is 4.20. The molecule has 0 fully saturated rings. The van der Waals surface area contributed by atoms with Crippen LogP contribution in [0.5, 0.6) is 0 Å². The Hall–Kier alpha value is -1.55. The predicted molar refractivity (Wildman–Crippen MR) is 77.3 cm³/mol. The van der Waals surface area contributed by atoms with Crippen LogP contribution < -0.4 is 4.90 Å². The molecule has 1 aromatic carbocycles. The second-order valence-corrected chi connectivity index (χ2v) is 5.26. The third kappa shape index (κ3) is 3.01. The van der Waals surface area contributed by atoms with Gasteiger partial charge in [-0.2, -0.15) is 0 Å². The van der Waals surface area contributed by atoms with Crippen molar-refractivity contribution >= 4 is 28.4 Å². The Bertz CT molecular complexity index is 494. The van der Waals surface area contributed by atoms with E-state index in [0.29, 0.717) is 0 Å². The predicted octanol–water partition coefficient (Wildman–Crippen LogP) is 2.34. The summed E-state index contributed by atoms with van der Waals surface area (Å²) in [7, 11) is 2.07. The molecular weight excluding hydrogens is 244 g/mol. The fourth-order valence-electron chi connectivity index (χ4n) is 1.78. The van der Waals surface area contributed by atoms with Gasteiger partial charge in [-0.25, -0.2) is 4.58 Å². The summed E-state index contributed by atoms with van der Waals surface area (Å²) in [6.45, 7) is 2.64. The fourth-order valence-corrected chi connectivity index (χ4v) is 2.83. The summed E-state index contributed by atoms with van der Waals surface area (Å²) in [4.78, 5) is 13.3. The van der Waals surface area contributed by atoms with Crippen molar-refractivity contribution in [3.8, 4) is 0 Å². The largest absolute Gasteiger partial charge is 0.288 e. The van der Waals surface area contributed by atoms with Gasteiger partial charge < -0.3 is 0 Å². The summed E-state index contributed by atoms with van der Waals surface area (Å²) in [6.07, 6.45) is 3.86. The standard InChI is InChI=1S/C14H17N2OS/c1-12(17)16(13-6-4-3-5-7-13)9-8-14-15(2)10-11-18-14/h3-9H,10-11H2,1-2H3/q+1. The number of para-hydroxylation sites is 1. The molecule has 0 unspecified atom stereocenters. The molecule has 0 bridgehead atoms. The summed E-state index contributed by atoms with van der Waals surface area (Å²) in [5.74, 6) is 1.13. The molecule has 4 heteroatoms. The van der Waals surface area contributed by atoms with Crippen molar-refractivity contribution in [3.63, 3.8) is 0 Å². The summed E-state index contributed by atoms with van der Waals surface area (Å²) >= 11 is 1.82. The van der Waals surface area contributed by atoms with Crippen LogP contribution >= 0.6 is 11.8 Å². The number of carbonyl (C=O) groups excluding carboxylic acids is 1. The lowest BCUT2D eigenvalue weighted by Gasteiger charge is -2.15. The molecule has 0 N–H and O–H groups in total. The Balaban J connectivity index is 2.20. The Morgan fingerprint density at radius 2 is 2.11 bits per heavy atom. The van der Waals surface area contributed by atoms with Crippen molar-refractivity contribution in [1.82, 2.24) is 0 Å². The second-order valence-electron chi connectivity index (χ2n) is 4.15. The molecule has 0 atom stereocenters. The zero-order chi connectivity index (χ0) is 13.0. The normalized spacial score (nSPS) is 15.4. The quantitative estimate of drug-likeness (QED) is 0.780. The summed E-state index contributed by atoms with van der Waals surface area (Å²) < 4.78 is 2.20. The van der Waals surface area contributed by atoms with E-state index in [-0.39, 0.29) is 5.91 Å². The third-order valence-electron chi connectivity index (χ3n) is 2.79. The van der Waals surface area contributed by atoms with Crippen molar-refractivity contribution in [2.75, 3.05) is 24.2 Å². The van der Waals surface area contributed by atoms with Crippen LogP contribution in [0.1, 0.15) is 6.92 Å². The first-order valence-electron chi connectivity index (χ1n) is 5.92. The lowest BCUT2D eigenvalue weighted by atomic mass is 10.3. The second kappa shape index (κ2) is 5.87. The molecule has 2 rings (SSSR count). The molecule has 1 heterocycles. The maximum Gasteiger partial charge on any atom is 0.236 e. The van der Waals surface area contributed by atoms with Crippen molar-refractivity contribution in [2.45, 2.75) is 6.92 Å². The monoisotopic (exact) mass is 261 g/mol. The highest BCUT2D eigenvalue weighted by Gasteiger charge is 2.17. The van der Waals surface area contributed by atoms with Crippen LogP contribution in [0.3, 0.4) is 0 Å². The van der Waals surface area contributed by atoms with Gasteiger partial charge in [0.1, 0.15) is 7.05 Å². The summed E-state index contributed by atoms with van der Waals surface area (Å²) in [6, 6.07) is 9.68. The van der Waals surface area contributed by atoms with Crippen LogP contribution in [0.25, 0.3) is 0 Å². The van der Waals surface area contributed by atoms with E-state index in [1.165, 1.54) is 5.04 Å². The molecule has 0 aromatic heterocycles. The van der Waals surface area contributed by atoms with E-state index < -0.39 is 0 Å². The number of hydrogen-bond donors (Lipinski definition) is 0. The van der Waals surface area contributed by atoms with Gasteiger partial charge in [-0.3, -0.25) is 9.69 Å². The van der Waals surface area contributed by atoms with E-state index in [1.54, 1.807) is 11.8 Å². The van der Waals surface area contributed by atoms with Gasteiger partial charge in [0.2, 0.25) is 11.0 Å². The minimum atomic E-state index is 0.0173. The average Bonchev–Trinajstić information content (AvgIpc) is 2.76.